The summed E-state index contributed by atoms with van der Waals surface area (Å²) in [4.78, 5) is 21.8. The van der Waals surface area contributed by atoms with E-state index >= 15 is 0 Å². The molecule has 0 spiro atoms. The molecule has 0 saturated carbocycles. The Hall–Kier alpha value is -1.88. The first-order valence-corrected chi connectivity index (χ1v) is 8.92. The lowest BCUT2D eigenvalue weighted by atomic mass is 10.0. The average Bonchev–Trinajstić information content (AvgIpc) is 2.84. The smallest absolute Gasteiger partial charge is 0.333 e. The molecule has 1 aliphatic rings. The number of ether oxygens (including phenoxy) is 1. The van der Waals surface area contributed by atoms with Crippen LogP contribution in [-0.4, -0.2) is 28.4 Å². The maximum absolute atomic E-state index is 11.0. The number of aliphatic hydroxyl groups is 1. The van der Waals surface area contributed by atoms with Crippen molar-refractivity contribution in [1.82, 2.24) is 0 Å². The van der Waals surface area contributed by atoms with E-state index < -0.39 is 18.2 Å². The van der Waals surface area contributed by atoms with Crippen molar-refractivity contribution in [2.75, 3.05) is 0 Å². The molecular weight excluding hydrogens is 320 g/mol. The van der Waals surface area contributed by atoms with Gasteiger partial charge in [-0.1, -0.05) is 30.2 Å². The van der Waals surface area contributed by atoms with E-state index in [1.165, 1.54) is 17.2 Å². The van der Waals surface area contributed by atoms with E-state index in [4.69, 9.17) is 5.11 Å². The van der Waals surface area contributed by atoms with Crippen molar-refractivity contribution in [3.05, 3.63) is 34.9 Å². The summed E-state index contributed by atoms with van der Waals surface area (Å²) in [6.07, 6.45) is 10.6. The highest BCUT2D eigenvalue weighted by atomic mass is 16.6. The van der Waals surface area contributed by atoms with Crippen LogP contribution in [0.4, 0.5) is 0 Å². The number of aliphatic carboxylic acids is 1. The lowest BCUT2D eigenvalue weighted by molar-refractivity contribution is -0.151. The largest absolute Gasteiger partial charge is 0.481 e. The number of rotatable bonds is 11. The molecule has 0 saturated heterocycles. The normalized spacial score (nSPS) is 19.6. The average molecular weight is 350 g/mol. The van der Waals surface area contributed by atoms with E-state index in [0.29, 0.717) is 18.4 Å². The molecule has 2 unspecified atom stereocenters. The monoisotopic (exact) mass is 350 g/mol. The Balaban J connectivity index is 2.21. The summed E-state index contributed by atoms with van der Waals surface area (Å²) < 4.78 is 4.65. The zero-order chi connectivity index (χ0) is 18.8. The third-order valence-corrected chi connectivity index (χ3v) is 4.44. The van der Waals surface area contributed by atoms with Crippen LogP contribution in [0.1, 0.15) is 65.7 Å². The molecule has 25 heavy (non-hydrogen) atoms. The van der Waals surface area contributed by atoms with Crippen LogP contribution in [0.5, 0.6) is 0 Å². The Kier molecular flexibility index (Phi) is 9.21. The van der Waals surface area contributed by atoms with Crippen molar-refractivity contribution < 1.29 is 24.5 Å². The fourth-order valence-electron chi connectivity index (χ4n) is 2.68. The lowest BCUT2D eigenvalue weighted by Gasteiger charge is -2.07. The summed E-state index contributed by atoms with van der Waals surface area (Å²) >= 11 is 0. The number of carbonyl (C=O) groups is 2. The van der Waals surface area contributed by atoms with Crippen molar-refractivity contribution in [2.45, 2.75) is 72.0 Å². The second kappa shape index (κ2) is 10.9. The van der Waals surface area contributed by atoms with E-state index in [-0.39, 0.29) is 5.92 Å². The van der Waals surface area contributed by atoms with Gasteiger partial charge in [-0.2, -0.15) is 0 Å². The maximum Gasteiger partial charge on any atom is 0.333 e. The number of esters is 1. The molecule has 0 amide bonds. The van der Waals surface area contributed by atoms with Gasteiger partial charge >= 0.3 is 11.9 Å². The van der Waals surface area contributed by atoms with Gasteiger partial charge in [-0.3, -0.25) is 4.79 Å². The molecule has 0 fully saturated rings. The quantitative estimate of drug-likeness (QED) is 0.432. The van der Waals surface area contributed by atoms with E-state index in [1.807, 2.05) is 0 Å². The van der Waals surface area contributed by atoms with Crippen LogP contribution in [-0.2, 0) is 14.3 Å². The molecule has 5 nitrogen and oxygen atoms in total. The van der Waals surface area contributed by atoms with Crippen molar-refractivity contribution in [3.8, 4) is 0 Å². The second-order valence-corrected chi connectivity index (χ2v) is 6.82. The van der Waals surface area contributed by atoms with Gasteiger partial charge in [-0.05, 0) is 58.8 Å². The number of carboxylic acids is 1. The zero-order valence-corrected chi connectivity index (χ0v) is 15.5. The van der Waals surface area contributed by atoms with E-state index in [1.54, 1.807) is 6.92 Å². The van der Waals surface area contributed by atoms with Gasteiger partial charge in [-0.25, -0.2) is 4.79 Å². The molecule has 0 aliphatic carbocycles. The van der Waals surface area contributed by atoms with Crippen molar-refractivity contribution in [3.63, 3.8) is 0 Å². The molecule has 140 valence electrons. The first-order chi connectivity index (χ1) is 11.8. The fraction of sp³-hybridized carbons (Fsp3) is 0.600. The van der Waals surface area contributed by atoms with Crippen LogP contribution in [0.2, 0.25) is 0 Å². The van der Waals surface area contributed by atoms with Crippen molar-refractivity contribution >= 4 is 11.9 Å². The summed E-state index contributed by atoms with van der Waals surface area (Å²) in [5, 5.41) is 18.3. The van der Waals surface area contributed by atoms with E-state index in [0.717, 1.165) is 32.1 Å². The molecule has 1 rings (SSSR count). The molecule has 1 heterocycles. The Labute approximate surface area is 150 Å². The van der Waals surface area contributed by atoms with Gasteiger partial charge in [0.25, 0.3) is 0 Å². The third kappa shape index (κ3) is 8.68. The first kappa shape index (κ1) is 21.2. The van der Waals surface area contributed by atoms with Crippen LogP contribution in [0.25, 0.3) is 0 Å². The topological polar surface area (TPSA) is 83.8 Å². The minimum atomic E-state index is -1.07. The second-order valence-electron chi connectivity index (χ2n) is 6.82. The number of hydrogen-bond donors (Lipinski definition) is 2. The van der Waals surface area contributed by atoms with Crippen molar-refractivity contribution in [1.29, 1.82) is 0 Å². The highest BCUT2D eigenvalue weighted by molar-refractivity contribution is 5.85. The van der Waals surface area contributed by atoms with E-state index in [2.05, 4.69) is 30.7 Å². The predicted octanol–water partition coefficient (Wildman–Crippen LogP) is 4.13. The molecule has 0 bridgehead atoms. The Morgan fingerprint density at radius 1 is 1.24 bits per heavy atom. The SMILES string of the molecule is CC(=CCCC1=CC(=O)OC1O)CCC=C(C)CCCC(C)C(=O)O. The van der Waals surface area contributed by atoms with Gasteiger partial charge in [-0.15, -0.1) is 0 Å². The van der Waals surface area contributed by atoms with Crippen LogP contribution in [0.15, 0.2) is 34.9 Å². The van der Waals surface area contributed by atoms with Crippen LogP contribution in [0, 0.1) is 5.92 Å². The highest BCUT2D eigenvalue weighted by Gasteiger charge is 2.22. The van der Waals surface area contributed by atoms with Gasteiger partial charge in [0.1, 0.15) is 0 Å². The molecule has 2 atom stereocenters. The number of carbonyl (C=O) groups excluding carboxylic acids is 1. The molecule has 1 aliphatic heterocycles. The summed E-state index contributed by atoms with van der Waals surface area (Å²) in [5.41, 5.74) is 3.23. The summed E-state index contributed by atoms with van der Waals surface area (Å²) in [7, 11) is 0. The molecule has 0 aromatic heterocycles. The maximum atomic E-state index is 11.0. The van der Waals surface area contributed by atoms with Gasteiger partial charge in [0.05, 0.1) is 5.92 Å². The van der Waals surface area contributed by atoms with Gasteiger partial charge < -0.3 is 14.9 Å². The molecule has 0 aromatic rings. The highest BCUT2D eigenvalue weighted by Crippen LogP contribution is 2.20. The molecule has 0 radical (unpaired) electrons. The zero-order valence-electron chi connectivity index (χ0n) is 15.5. The summed E-state index contributed by atoms with van der Waals surface area (Å²) in [5.74, 6) is -1.46. The third-order valence-electron chi connectivity index (χ3n) is 4.44. The Morgan fingerprint density at radius 2 is 1.88 bits per heavy atom. The number of carboxylic acid groups (broad SMARTS) is 1. The molecular formula is C20H30O5. The standard InChI is InChI=1S/C20H30O5/c1-14(9-5-11-16(3)19(22)23)7-4-8-15(2)10-6-12-17-13-18(21)25-20(17)24/h7,10,13,16,20,24H,4-6,8-9,11-12H2,1-3H3,(H,22,23). The van der Waals surface area contributed by atoms with Gasteiger partial charge in [0, 0.05) is 11.6 Å². The number of aliphatic hydroxyl groups excluding tert-OH is 1. The predicted molar refractivity (Wildman–Crippen MR) is 96.8 cm³/mol. The molecule has 5 heteroatoms. The van der Waals surface area contributed by atoms with E-state index in [9.17, 15) is 14.7 Å². The number of hydrogen-bond acceptors (Lipinski definition) is 4. The van der Waals surface area contributed by atoms with Gasteiger partial charge in [0.2, 0.25) is 6.29 Å². The summed E-state index contributed by atoms with van der Waals surface area (Å²) in [6.45, 7) is 5.92. The number of cyclic esters (lactones) is 1. The first-order valence-electron chi connectivity index (χ1n) is 8.92. The fourth-order valence-corrected chi connectivity index (χ4v) is 2.68. The van der Waals surface area contributed by atoms with Crippen LogP contribution in [0.3, 0.4) is 0 Å². The summed E-state index contributed by atoms with van der Waals surface area (Å²) in [6, 6.07) is 0. The van der Waals surface area contributed by atoms with Gasteiger partial charge in [0.15, 0.2) is 0 Å². The Morgan fingerprint density at radius 3 is 2.48 bits per heavy atom. The van der Waals surface area contributed by atoms with Crippen molar-refractivity contribution in [2.24, 2.45) is 5.92 Å². The number of allylic oxidation sites excluding steroid dienone is 4. The Bertz CT molecular complexity index is 556. The molecule has 2 N–H and O–H groups in total. The molecule has 0 aromatic carbocycles. The minimum absolute atomic E-state index is 0.271. The van der Waals surface area contributed by atoms with Crippen LogP contribution < -0.4 is 0 Å². The minimum Gasteiger partial charge on any atom is -0.481 e. The lowest BCUT2D eigenvalue weighted by Crippen LogP contribution is -2.09. The van der Waals surface area contributed by atoms with Crippen LogP contribution >= 0.6 is 0 Å².